The summed E-state index contributed by atoms with van der Waals surface area (Å²) in [6.45, 7) is 6.83. The second kappa shape index (κ2) is 21.8. The van der Waals surface area contributed by atoms with Gasteiger partial charge >= 0.3 is 11.9 Å². The second-order valence-corrected chi connectivity index (χ2v) is 14.3. The van der Waals surface area contributed by atoms with Crippen LogP contribution in [0, 0.1) is 11.8 Å². The van der Waals surface area contributed by atoms with E-state index in [1.165, 1.54) is 12.5 Å². The maximum Gasteiger partial charge on any atom is 0.326 e. The number of H-pyrrole nitrogens is 2. The van der Waals surface area contributed by atoms with Crippen molar-refractivity contribution in [1.29, 1.82) is 0 Å². The second-order valence-electron chi connectivity index (χ2n) is 14.3. The zero-order valence-electron chi connectivity index (χ0n) is 32.9. The third-order valence-corrected chi connectivity index (χ3v) is 9.96. The van der Waals surface area contributed by atoms with Crippen molar-refractivity contribution in [3.05, 3.63) is 54.2 Å². The third-order valence-electron chi connectivity index (χ3n) is 9.96. The molecule has 0 fully saturated rings. The first-order valence-corrected chi connectivity index (χ1v) is 19.0. The van der Waals surface area contributed by atoms with Gasteiger partial charge in [-0.1, -0.05) is 58.7 Å². The molecule has 0 aliphatic rings. The van der Waals surface area contributed by atoms with E-state index < -0.39 is 102 Å². The zero-order chi connectivity index (χ0) is 43.1. The number of hydrogen-bond acceptors (Lipinski definition) is 10. The first-order chi connectivity index (χ1) is 27.4. The molecule has 2 heterocycles. The molecular formula is C38H54N10O10. The highest BCUT2D eigenvalue weighted by Crippen LogP contribution is 2.20. The van der Waals surface area contributed by atoms with Crippen LogP contribution in [0.1, 0.15) is 71.1 Å². The summed E-state index contributed by atoms with van der Waals surface area (Å²) in [6, 6.07) is -1.07. The number of aliphatic carboxylic acids is 2. The molecule has 6 amide bonds. The smallest absolute Gasteiger partial charge is 0.326 e. The van der Waals surface area contributed by atoms with Crippen molar-refractivity contribution in [2.75, 3.05) is 0 Å². The molecule has 20 heteroatoms. The molecule has 2 aromatic heterocycles. The highest BCUT2D eigenvalue weighted by atomic mass is 16.4. The number of carbonyl (C=O) groups is 8. The summed E-state index contributed by atoms with van der Waals surface area (Å²) < 4.78 is 0. The lowest BCUT2D eigenvalue weighted by Crippen LogP contribution is -2.61. The van der Waals surface area contributed by atoms with E-state index in [2.05, 4.69) is 41.5 Å². The van der Waals surface area contributed by atoms with E-state index in [0.29, 0.717) is 24.1 Å². The van der Waals surface area contributed by atoms with Crippen LogP contribution in [0.25, 0.3) is 10.9 Å². The molecule has 20 nitrogen and oxygen atoms in total. The van der Waals surface area contributed by atoms with Crippen molar-refractivity contribution in [2.45, 2.75) is 109 Å². The van der Waals surface area contributed by atoms with E-state index in [0.717, 1.165) is 10.9 Å². The Labute approximate surface area is 334 Å². The van der Waals surface area contributed by atoms with E-state index in [9.17, 15) is 48.6 Å². The fourth-order valence-corrected chi connectivity index (χ4v) is 6.10. The minimum absolute atomic E-state index is 0.0177. The van der Waals surface area contributed by atoms with Gasteiger partial charge in [0.2, 0.25) is 35.4 Å². The van der Waals surface area contributed by atoms with E-state index in [1.807, 2.05) is 18.2 Å². The lowest BCUT2D eigenvalue weighted by Gasteiger charge is -2.30. The van der Waals surface area contributed by atoms with Gasteiger partial charge in [0.15, 0.2) is 0 Å². The van der Waals surface area contributed by atoms with Crippen LogP contribution in [0.15, 0.2) is 43.0 Å². The van der Waals surface area contributed by atoms with Gasteiger partial charge in [-0.05, 0) is 29.9 Å². The van der Waals surface area contributed by atoms with Crippen molar-refractivity contribution < 1.29 is 48.6 Å². The van der Waals surface area contributed by atoms with Gasteiger partial charge in [0, 0.05) is 48.3 Å². The Bertz CT molecular complexity index is 1920. The molecule has 58 heavy (non-hydrogen) atoms. The molecule has 13 N–H and O–H groups in total. The van der Waals surface area contributed by atoms with Gasteiger partial charge in [0.25, 0.3) is 0 Å². The normalized spacial score (nSPS) is 15.3. The predicted octanol–water partition coefficient (Wildman–Crippen LogP) is -0.656. The molecule has 0 aliphatic carbocycles. The lowest BCUT2D eigenvalue weighted by molar-refractivity contribution is -0.142. The molecule has 1 aromatic carbocycles. The van der Waals surface area contributed by atoms with E-state index in [1.54, 1.807) is 40.0 Å². The standard InChI is InChI=1S/C38H54N10O10/c1-5-19(3)31(36(55)46-28(38(57)58)13-21-16-42-25-10-8-7-9-23(21)25)48-37(56)32(20(4)6-2)47-35(54)27(15-30(50)51)45-34(53)26(11-12-29(40)49)44-33(52)24(39)14-22-17-41-18-43-22/h7-10,16-20,24,26-28,31-32,42H,5-6,11-15,39H2,1-4H3,(H2,40,49)(H,41,43)(H,44,52)(H,45,53)(H,46,55)(H,47,54)(H,48,56)(H,50,51)(H,57,58)/t19-,20-,24-,26-,27-,28-,31-,32-/m0/s1. The SMILES string of the molecule is CC[C@H](C)[C@H](NC(=O)[C@H](CC(=O)O)NC(=O)[C@H](CCC(N)=O)NC(=O)[C@@H](N)Cc1cnc[nH]1)C(=O)N[C@H](C(=O)N[C@@H](Cc1c[nH]c2ccccc12)C(=O)O)[C@@H](C)CC. The minimum Gasteiger partial charge on any atom is -0.481 e. The minimum atomic E-state index is -1.77. The number of benzene rings is 1. The fourth-order valence-electron chi connectivity index (χ4n) is 6.10. The summed E-state index contributed by atoms with van der Waals surface area (Å²) in [5.74, 6) is -9.14. The zero-order valence-corrected chi connectivity index (χ0v) is 32.9. The average Bonchev–Trinajstić information content (AvgIpc) is 3.85. The van der Waals surface area contributed by atoms with Gasteiger partial charge in [-0.3, -0.25) is 33.6 Å². The molecule has 0 radical (unpaired) electrons. The Morgan fingerprint density at radius 2 is 1.31 bits per heavy atom. The molecular weight excluding hydrogens is 756 g/mol. The largest absolute Gasteiger partial charge is 0.481 e. The number of imidazole rings is 1. The fraction of sp³-hybridized carbons (Fsp3) is 0.500. The summed E-state index contributed by atoms with van der Waals surface area (Å²) in [5, 5.41) is 32.9. The number of nitrogens with two attached hydrogens (primary N) is 2. The van der Waals surface area contributed by atoms with Crippen LogP contribution < -0.4 is 38.1 Å². The molecule has 0 saturated carbocycles. The van der Waals surface area contributed by atoms with Gasteiger partial charge in [-0.15, -0.1) is 0 Å². The van der Waals surface area contributed by atoms with E-state index in [-0.39, 0.29) is 25.7 Å². The van der Waals surface area contributed by atoms with Crippen LogP contribution >= 0.6 is 0 Å². The van der Waals surface area contributed by atoms with Gasteiger partial charge in [-0.2, -0.15) is 0 Å². The number of nitrogens with zero attached hydrogens (tertiary/aromatic N) is 1. The maximum atomic E-state index is 13.9. The molecule has 3 rings (SSSR count). The van der Waals surface area contributed by atoms with Gasteiger partial charge in [-0.25, -0.2) is 9.78 Å². The molecule has 0 aliphatic heterocycles. The topological polar surface area (TPSA) is 334 Å². The first-order valence-electron chi connectivity index (χ1n) is 19.0. The molecule has 0 unspecified atom stereocenters. The van der Waals surface area contributed by atoms with Crippen molar-refractivity contribution in [2.24, 2.45) is 23.3 Å². The Morgan fingerprint density at radius 1 is 0.741 bits per heavy atom. The number of carboxylic acids is 2. The van der Waals surface area contributed by atoms with Crippen molar-refractivity contribution in [1.82, 2.24) is 41.5 Å². The van der Waals surface area contributed by atoms with Crippen molar-refractivity contribution >= 4 is 58.3 Å². The molecule has 3 aromatic rings. The summed E-state index contributed by atoms with van der Waals surface area (Å²) in [4.78, 5) is 113. The molecule has 0 saturated heterocycles. The molecule has 8 atom stereocenters. The summed E-state index contributed by atoms with van der Waals surface area (Å²) >= 11 is 0. The van der Waals surface area contributed by atoms with E-state index >= 15 is 0 Å². The van der Waals surface area contributed by atoms with Crippen LogP contribution in [0.4, 0.5) is 0 Å². The number of rotatable bonds is 24. The number of nitrogens with one attached hydrogen (secondary N) is 7. The van der Waals surface area contributed by atoms with Crippen molar-refractivity contribution in [3.8, 4) is 0 Å². The molecule has 0 spiro atoms. The average molecular weight is 811 g/mol. The quantitative estimate of drug-likeness (QED) is 0.0538. The Kier molecular flexibility index (Phi) is 17.4. The Balaban J connectivity index is 1.79. The number of carboxylic acid groups (broad SMARTS) is 2. The number of amides is 6. The van der Waals surface area contributed by atoms with Crippen LogP contribution in [0.5, 0.6) is 0 Å². The lowest BCUT2D eigenvalue weighted by atomic mass is 9.94. The highest BCUT2D eigenvalue weighted by Gasteiger charge is 2.36. The van der Waals surface area contributed by atoms with Crippen LogP contribution in [0.2, 0.25) is 0 Å². The number of fused-ring (bicyclic) bond motifs is 1. The van der Waals surface area contributed by atoms with Crippen molar-refractivity contribution in [3.63, 3.8) is 0 Å². The Morgan fingerprint density at radius 3 is 1.88 bits per heavy atom. The maximum absolute atomic E-state index is 13.9. The van der Waals surface area contributed by atoms with Crippen LogP contribution in [-0.4, -0.2) is 109 Å². The van der Waals surface area contributed by atoms with Crippen LogP contribution in [0.3, 0.4) is 0 Å². The number of aromatic nitrogens is 3. The number of primary amides is 1. The van der Waals surface area contributed by atoms with Gasteiger partial charge < -0.3 is 58.2 Å². The molecule has 316 valence electrons. The highest BCUT2D eigenvalue weighted by molar-refractivity contribution is 5.98. The van der Waals surface area contributed by atoms with Gasteiger partial charge in [0.05, 0.1) is 18.8 Å². The summed E-state index contributed by atoms with van der Waals surface area (Å²) in [7, 11) is 0. The number of aromatic amines is 2. The van der Waals surface area contributed by atoms with E-state index in [4.69, 9.17) is 11.5 Å². The third kappa shape index (κ3) is 13.4. The van der Waals surface area contributed by atoms with Crippen LogP contribution in [-0.2, 0) is 51.2 Å². The first kappa shape index (κ1) is 46.1. The van der Waals surface area contributed by atoms with Gasteiger partial charge in [0.1, 0.15) is 30.2 Å². The summed E-state index contributed by atoms with van der Waals surface area (Å²) in [6.07, 6.45) is 3.58. The predicted molar refractivity (Wildman–Crippen MR) is 209 cm³/mol. The monoisotopic (exact) mass is 810 g/mol. The number of hydrogen-bond donors (Lipinski definition) is 11. The number of carbonyl (C=O) groups excluding carboxylic acids is 6. The molecule has 0 bridgehead atoms. The summed E-state index contributed by atoms with van der Waals surface area (Å²) in [5.41, 5.74) is 13.2. The number of para-hydroxylation sites is 1. The Hall–Kier alpha value is -6.31.